The summed E-state index contributed by atoms with van der Waals surface area (Å²) in [6.45, 7) is 10.6. The van der Waals surface area contributed by atoms with Gasteiger partial charge in [0.15, 0.2) is 5.78 Å². The number of hydrogen-bond donors (Lipinski definition) is 0. The molecule has 0 saturated carbocycles. The number of nitrogens with zero attached hydrogens (tertiary/aromatic N) is 3. The molecule has 1 fully saturated rings. The molecule has 24 heavy (non-hydrogen) atoms. The number of rotatable bonds is 5. The van der Waals surface area contributed by atoms with E-state index in [9.17, 15) is 19.2 Å². The molecular weight excluding hydrogens is 310 g/mol. The van der Waals surface area contributed by atoms with Crippen LogP contribution in [0.2, 0.25) is 0 Å². The van der Waals surface area contributed by atoms with Crippen molar-refractivity contribution in [2.45, 2.75) is 53.6 Å². The highest BCUT2D eigenvalue weighted by Gasteiger charge is 2.46. The van der Waals surface area contributed by atoms with Gasteiger partial charge < -0.3 is 4.57 Å². The molecule has 0 spiro atoms. The average Bonchev–Trinajstić information content (AvgIpc) is 2.87. The minimum atomic E-state index is -0.945. The van der Waals surface area contributed by atoms with Crippen LogP contribution < -0.4 is 0 Å². The number of carbonyl (C=O) groups excluding carboxylic acids is 4. The van der Waals surface area contributed by atoms with Gasteiger partial charge in [-0.1, -0.05) is 0 Å². The molecule has 1 saturated heterocycles. The molecule has 1 aliphatic heterocycles. The molecule has 0 aliphatic carbocycles. The van der Waals surface area contributed by atoms with Crippen LogP contribution in [-0.2, 0) is 9.59 Å². The fourth-order valence-corrected chi connectivity index (χ4v) is 3.20. The third-order valence-corrected chi connectivity index (χ3v) is 4.20. The zero-order valence-electron chi connectivity index (χ0n) is 14.9. The molecule has 1 aliphatic rings. The van der Waals surface area contributed by atoms with E-state index in [1.807, 2.05) is 32.3 Å². The van der Waals surface area contributed by atoms with Crippen molar-refractivity contribution in [1.29, 1.82) is 0 Å². The first-order valence-electron chi connectivity index (χ1n) is 7.98. The van der Waals surface area contributed by atoms with Crippen LogP contribution in [0, 0.1) is 13.8 Å². The highest BCUT2D eigenvalue weighted by Crippen LogP contribution is 2.22. The Morgan fingerprint density at radius 1 is 1.00 bits per heavy atom. The first-order chi connectivity index (χ1) is 11.1. The molecule has 0 aromatic carbocycles. The summed E-state index contributed by atoms with van der Waals surface area (Å²) < 4.78 is 2.02. The Balaban J connectivity index is 2.28. The van der Waals surface area contributed by atoms with E-state index in [1.54, 1.807) is 19.9 Å². The first kappa shape index (κ1) is 17.9. The van der Waals surface area contributed by atoms with E-state index in [1.165, 1.54) is 0 Å². The van der Waals surface area contributed by atoms with Crippen molar-refractivity contribution in [3.63, 3.8) is 0 Å². The van der Waals surface area contributed by atoms with Gasteiger partial charge in [0.2, 0.25) is 0 Å². The Labute approximate surface area is 141 Å². The maximum absolute atomic E-state index is 12.6. The van der Waals surface area contributed by atoms with Crippen molar-refractivity contribution in [3.8, 4) is 0 Å². The second-order valence-electron chi connectivity index (χ2n) is 6.61. The van der Waals surface area contributed by atoms with Crippen LogP contribution in [0.15, 0.2) is 6.07 Å². The van der Waals surface area contributed by atoms with E-state index >= 15 is 0 Å². The number of urea groups is 1. The Hall–Kier alpha value is -2.44. The van der Waals surface area contributed by atoms with Gasteiger partial charge >= 0.3 is 17.8 Å². The van der Waals surface area contributed by atoms with Crippen LogP contribution in [0.3, 0.4) is 0 Å². The molecule has 4 amide bonds. The highest BCUT2D eigenvalue weighted by atomic mass is 16.2. The summed E-state index contributed by atoms with van der Waals surface area (Å²) in [6.07, 6.45) is 0. The molecule has 0 unspecified atom stereocenters. The predicted octanol–water partition coefficient (Wildman–Crippen LogP) is 2.07. The number of aromatic nitrogens is 1. The summed E-state index contributed by atoms with van der Waals surface area (Å²) in [4.78, 5) is 50.4. The number of Topliss-reactive ketones (excluding diaryl/α,β-unsaturated/α-hetero) is 1. The molecule has 0 N–H and O–H groups in total. The van der Waals surface area contributed by atoms with Gasteiger partial charge in [-0.15, -0.1) is 0 Å². The van der Waals surface area contributed by atoms with E-state index in [0.717, 1.165) is 21.2 Å². The Morgan fingerprint density at radius 2 is 1.58 bits per heavy atom. The van der Waals surface area contributed by atoms with Crippen LogP contribution in [-0.4, -0.2) is 50.6 Å². The lowest BCUT2D eigenvalue weighted by Gasteiger charge is -2.18. The predicted molar refractivity (Wildman–Crippen MR) is 87.7 cm³/mol. The largest absolute Gasteiger partial charge is 0.346 e. The summed E-state index contributed by atoms with van der Waals surface area (Å²) in [5.41, 5.74) is 2.20. The molecule has 2 rings (SSSR count). The molecular formula is C17H23N3O4. The van der Waals surface area contributed by atoms with E-state index < -0.39 is 30.4 Å². The standard InChI is InChI=1S/C17H23N3O4/c1-9(2)19-11(5)7-13(12(19)6)14(21)8-18-15(22)16(23)20(10(3)4)17(18)24/h7,9-10H,8H2,1-6H3. The van der Waals surface area contributed by atoms with E-state index in [0.29, 0.717) is 5.56 Å². The summed E-state index contributed by atoms with van der Waals surface area (Å²) in [7, 11) is 0. The second kappa shape index (κ2) is 6.22. The number of ketones is 1. The lowest BCUT2D eigenvalue weighted by atomic mass is 10.1. The molecule has 130 valence electrons. The van der Waals surface area contributed by atoms with Crippen molar-refractivity contribution in [1.82, 2.24) is 14.4 Å². The monoisotopic (exact) mass is 333 g/mol. The summed E-state index contributed by atoms with van der Waals surface area (Å²) >= 11 is 0. The SMILES string of the molecule is Cc1cc(C(=O)CN2C(=O)C(=O)N(C(C)C)C2=O)c(C)n1C(C)C. The van der Waals surface area contributed by atoms with Crippen molar-refractivity contribution in [2.24, 2.45) is 0 Å². The quantitative estimate of drug-likeness (QED) is 0.469. The molecule has 0 atom stereocenters. The average molecular weight is 333 g/mol. The Kier molecular flexibility index (Phi) is 4.64. The third kappa shape index (κ3) is 2.74. The maximum Gasteiger partial charge on any atom is 0.334 e. The number of aryl methyl sites for hydroxylation is 1. The van der Waals surface area contributed by atoms with Crippen LogP contribution in [0.1, 0.15) is 55.5 Å². The van der Waals surface area contributed by atoms with Crippen LogP contribution in [0.25, 0.3) is 0 Å². The zero-order chi connectivity index (χ0) is 18.3. The van der Waals surface area contributed by atoms with Gasteiger partial charge in [-0.2, -0.15) is 0 Å². The minimum absolute atomic E-state index is 0.194. The van der Waals surface area contributed by atoms with Crippen molar-refractivity contribution < 1.29 is 19.2 Å². The zero-order valence-corrected chi connectivity index (χ0v) is 14.9. The fraction of sp³-hybridized carbons (Fsp3) is 0.529. The van der Waals surface area contributed by atoms with Gasteiger partial charge in [0.25, 0.3) is 0 Å². The van der Waals surface area contributed by atoms with Gasteiger partial charge in [0.05, 0.1) is 6.54 Å². The summed E-state index contributed by atoms with van der Waals surface area (Å²) in [6, 6.07) is 0.788. The minimum Gasteiger partial charge on any atom is -0.346 e. The first-order valence-corrected chi connectivity index (χ1v) is 7.98. The third-order valence-electron chi connectivity index (χ3n) is 4.20. The van der Waals surface area contributed by atoms with E-state index in [-0.39, 0.29) is 11.8 Å². The van der Waals surface area contributed by atoms with Crippen LogP contribution in [0.4, 0.5) is 4.79 Å². The van der Waals surface area contributed by atoms with Gasteiger partial charge in [-0.05, 0) is 47.6 Å². The molecule has 7 nitrogen and oxygen atoms in total. The maximum atomic E-state index is 12.6. The lowest BCUT2D eigenvalue weighted by Crippen LogP contribution is -2.39. The van der Waals surface area contributed by atoms with Crippen LogP contribution in [0.5, 0.6) is 0 Å². The number of carbonyl (C=O) groups is 4. The molecule has 7 heteroatoms. The number of amides is 4. The molecule has 0 radical (unpaired) electrons. The summed E-state index contributed by atoms with van der Waals surface area (Å²) in [5, 5.41) is 0. The normalized spacial score (nSPS) is 15.4. The lowest BCUT2D eigenvalue weighted by molar-refractivity contribution is -0.143. The molecule has 2 heterocycles. The number of hydrogen-bond acceptors (Lipinski definition) is 4. The Morgan fingerprint density at radius 3 is 2.00 bits per heavy atom. The molecule has 0 bridgehead atoms. The van der Waals surface area contributed by atoms with Gasteiger partial charge in [-0.3, -0.25) is 19.3 Å². The molecule has 1 aromatic rings. The summed E-state index contributed by atoms with van der Waals surface area (Å²) in [5.74, 6) is -2.18. The highest BCUT2D eigenvalue weighted by molar-refractivity contribution is 6.45. The second-order valence-corrected chi connectivity index (χ2v) is 6.61. The fourth-order valence-electron chi connectivity index (χ4n) is 3.20. The van der Waals surface area contributed by atoms with Crippen molar-refractivity contribution >= 4 is 23.6 Å². The van der Waals surface area contributed by atoms with Crippen molar-refractivity contribution in [2.75, 3.05) is 6.54 Å². The van der Waals surface area contributed by atoms with E-state index in [4.69, 9.17) is 0 Å². The topological polar surface area (TPSA) is 79.7 Å². The van der Waals surface area contributed by atoms with Crippen LogP contribution >= 0.6 is 0 Å². The molecule has 1 aromatic heterocycles. The smallest absolute Gasteiger partial charge is 0.334 e. The van der Waals surface area contributed by atoms with Gasteiger partial charge in [0, 0.05) is 29.0 Å². The Bertz CT molecular complexity index is 730. The van der Waals surface area contributed by atoms with Gasteiger partial charge in [-0.25, -0.2) is 9.69 Å². The van der Waals surface area contributed by atoms with Gasteiger partial charge in [0.1, 0.15) is 0 Å². The van der Waals surface area contributed by atoms with Crippen molar-refractivity contribution in [3.05, 3.63) is 23.0 Å². The van der Waals surface area contributed by atoms with E-state index in [2.05, 4.69) is 0 Å². The number of imide groups is 2.